The van der Waals surface area contributed by atoms with Crippen molar-refractivity contribution in [2.24, 2.45) is 5.92 Å². The van der Waals surface area contributed by atoms with Gasteiger partial charge >= 0.3 is 6.18 Å². The van der Waals surface area contributed by atoms with Gasteiger partial charge < -0.3 is 20.1 Å². The van der Waals surface area contributed by atoms with E-state index in [1.807, 2.05) is 71.0 Å². The lowest BCUT2D eigenvalue weighted by molar-refractivity contribution is -0.137. The van der Waals surface area contributed by atoms with E-state index in [1.165, 1.54) is 6.07 Å². The van der Waals surface area contributed by atoms with Crippen LogP contribution in [0.4, 0.5) is 18.9 Å². The Morgan fingerprint density at radius 3 is 2.51 bits per heavy atom. The number of imidazole rings is 1. The van der Waals surface area contributed by atoms with Crippen molar-refractivity contribution in [2.75, 3.05) is 11.9 Å². The number of halogens is 3. The Bertz CT molecular complexity index is 1940. The van der Waals surface area contributed by atoms with Gasteiger partial charge in [0.1, 0.15) is 0 Å². The molecule has 2 N–H and O–H groups in total. The predicted molar refractivity (Wildman–Crippen MR) is 190 cm³/mol. The van der Waals surface area contributed by atoms with Crippen molar-refractivity contribution < 1.29 is 18.0 Å². The van der Waals surface area contributed by atoms with E-state index < -0.39 is 11.7 Å². The topological polar surface area (TPSA) is 86.0 Å². The third kappa shape index (κ3) is 9.24. The molecule has 1 amide bonds. The summed E-state index contributed by atoms with van der Waals surface area (Å²) in [5.41, 5.74) is 2.73. The molecule has 0 aliphatic heterocycles. The normalized spacial score (nSPS) is 12.6. The minimum absolute atomic E-state index is 0.0545. The quantitative estimate of drug-likeness (QED) is 0.130. The van der Waals surface area contributed by atoms with Gasteiger partial charge in [-0.05, 0) is 70.4 Å². The Morgan fingerprint density at radius 1 is 1.04 bits per heavy atom. The molecule has 0 bridgehead atoms. The van der Waals surface area contributed by atoms with Gasteiger partial charge in [-0.25, -0.2) is 4.98 Å². The molecule has 49 heavy (non-hydrogen) atoms. The average molecular weight is 683 g/mol. The Labute approximate surface area is 289 Å². The standard InChI is InChI=1S/C38H37F3N6OS/c1-3-26(2)35(45-36(48)19-33-21-43-25-47(33)22-28-16-14-27(20-42)15-17-28)24-46(23-30-10-6-9-29-8-4-5-13-34(29)30)37(49)44-32-12-7-11-31(18-32)38(39,40)41/h4-18,21,25-26,35H,3,19,22-24H2,1-2H3,(H,44,49)(H,45,48). The van der Waals surface area contributed by atoms with Gasteiger partial charge in [0.2, 0.25) is 5.91 Å². The summed E-state index contributed by atoms with van der Waals surface area (Å²) >= 11 is 5.85. The summed E-state index contributed by atoms with van der Waals surface area (Å²) in [5, 5.41) is 17.7. The molecule has 0 saturated heterocycles. The number of nitrogens with one attached hydrogen (secondary N) is 2. The molecular formula is C38H37F3N6OS. The molecular weight excluding hydrogens is 646 g/mol. The molecule has 5 rings (SSSR count). The summed E-state index contributed by atoms with van der Waals surface area (Å²) in [6, 6.07) is 28.0. The van der Waals surface area contributed by atoms with Crippen LogP contribution in [0.2, 0.25) is 0 Å². The van der Waals surface area contributed by atoms with Crippen molar-refractivity contribution in [1.82, 2.24) is 19.8 Å². The van der Waals surface area contributed by atoms with E-state index in [4.69, 9.17) is 17.5 Å². The lowest BCUT2D eigenvalue weighted by atomic mass is 9.97. The second-order valence-electron chi connectivity index (χ2n) is 12.1. The van der Waals surface area contributed by atoms with Gasteiger partial charge in [0, 0.05) is 43.3 Å². The van der Waals surface area contributed by atoms with E-state index in [9.17, 15) is 18.0 Å². The Hall–Kier alpha value is -5.21. The van der Waals surface area contributed by atoms with E-state index >= 15 is 0 Å². The Morgan fingerprint density at radius 2 is 1.78 bits per heavy atom. The number of hydrogen-bond donors (Lipinski definition) is 2. The smallest absolute Gasteiger partial charge is 0.351 e. The van der Waals surface area contributed by atoms with Gasteiger partial charge in [-0.1, -0.05) is 80.9 Å². The molecule has 0 radical (unpaired) electrons. The van der Waals surface area contributed by atoms with Crippen molar-refractivity contribution in [3.05, 3.63) is 131 Å². The van der Waals surface area contributed by atoms with Crippen molar-refractivity contribution in [3.63, 3.8) is 0 Å². The molecule has 1 aromatic heterocycles. The second kappa shape index (κ2) is 15.8. The van der Waals surface area contributed by atoms with E-state index in [2.05, 4.69) is 28.6 Å². The van der Waals surface area contributed by atoms with Gasteiger partial charge in [-0.2, -0.15) is 18.4 Å². The molecule has 2 atom stereocenters. The molecule has 1 heterocycles. The molecule has 0 fully saturated rings. The third-order valence-corrected chi connectivity index (χ3v) is 9.00. The molecule has 0 spiro atoms. The molecule has 7 nitrogen and oxygen atoms in total. The number of carbonyl (C=O) groups is 1. The number of benzene rings is 4. The number of thiocarbonyl (C=S) groups is 1. The Kier molecular flexibility index (Phi) is 11.3. The highest BCUT2D eigenvalue weighted by Crippen LogP contribution is 2.31. The Balaban J connectivity index is 1.37. The minimum Gasteiger partial charge on any atom is -0.351 e. The first-order chi connectivity index (χ1) is 23.5. The third-order valence-electron chi connectivity index (χ3n) is 8.64. The zero-order valence-corrected chi connectivity index (χ0v) is 28.1. The number of amides is 1. The number of anilines is 1. The first-order valence-corrected chi connectivity index (χ1v) is 16.4. The molecule has 5 aromatic rings. The highest BCUT2D eigenvalue weighted by Gasteiger charge is 2.31. The highest BCUT2D eigenvalue weighted by atomic mass is 32.1. The van der Waals surface area contributed by atoms with Crippen LogP contribution in [0.5, 0.6) is 0 Å². The summed E-state index contributed by atoms with van der Waals surface area (Å²) in [5.74, 6) is -0.132. The summed E-state index contributed by atoms with van der Waals surface area (Å²) in [6.07, 6.45) is -0.276. The number of carbonyl (C=O) groups excluding carboxylic acids is 1. The highest BCUT2D eigenvalue weighted by molar-refractivity contribution is 7.80. The number of rotatable bonds is 12. The summed E-state index contributed by atoms with van der Waals surface area (Å²) in [4.78, 5) is 19.7. The fourth-order valence-corrected chi connectivity index (χ4v) is 5.92. The molecule has 11 heteroatoms. The fourth-order valence-electron chi connectivity index (χ4n) is 5.66. The van der Waals surface area contributed by atoms with Crippen molar-refractivity contribution >= 4 is 39.7 Å². The van der Waals surface area contributed by atoms with E-state index in [0.29, 0.717) is 25.2 Å². The van der Waals surface area contributed by atoms with Crippen LogP contribution in [0.25, 0.3) is 10.8 Å². The van der Waals surface area contributed by atoms with Crippen LogP contribution < -0.4 is 10.6 Å². The average Bonchev–Trinajstić information content (AvgIpc) is 3.53. The maximum atomic E-state index is 13.6. The van der Waals surface area contributed by atoms with Gasteiger partial charge in [0.05, 0.1) is 29.9 Å². The largest absolute Gasteiger partial charge is 0.416 e. The van der Waals surface area contributed by atoms with Gasteiger partial charge in [0.25, 0.3) is 0 Å². The molecule has 252 valence electrons. The first kappa shape index (κ1) is 35.1. The number of alkyl halides is 3. The van der Waals surface area contributed by atoms with Gasteiger partial charge in [-0.15, -0.1) is 0 Å². The van der Waals surface area contributed by atoms with Gasteiger partial charge in [0.15, 0.2) is 5.11 Å². The van der Waals surface area contributed by atoms with Crippen LogP contribution >= 0.6 is 12.2 Å². The van der Waals surface area contributed by atoms with Crippen LogP contribution in [-0.2, 0) is 30.5 Å². The molecule has 4 aromatic carbocycles. The number of nitriles is 1. The monoisotopic (exact) mass is 682 g/mol. The van der Waals surface area contributed by atoms with Gasteiger partial charge in [-0.3, -0.25) is 4.79 Å². The molecule has 0 saturated carbocycles. The SMILES string of the molecule is CCC(C)C(CN(Cc1cccc2ccccc12)C(=S)Nc1cccc(C(F)(F)F)c1)NC(=O)Cc1cncn1Cc1ccc(C#N)cc1. The zero-order valence-electron chi connectivity index (χ0n) is 27.2. The van der Waals surface area contributed by atoms with Crippen molar-refractivity contribution in [1.29, 1.82) is 5.26 Å². The molecule has 0 aliphatic carbocycles. The molecule has 0 aliphatic rings. The van der Waals surface area contributed by atoms with Crippen LogP contribution in [0.1, 0.15) is 48.2 Å². The number of nitrogens with zero attached hydrogens (tertiary/aromatic N) is 4. The van der Waals surface area contributed by atoms with Crippen molar-refractivity contribution in [3.8, 4) is 6.07 Å². The summed E-state index contributed by atoms with van der Waals surface area (Å²) in [7, 11) is 0. The zero-order chi connectivity index (χ0) is 35.0. The van der Waals surface area contributed by atoms with Crippen LogP contribution in [-0.4, -0.2) is 38.1 Å². The predicted octanol–water partition coefficient (Wildman–Crippen LogP) is 7.95. The van der Waals surface area contributed by atoms with Crippen molar-refractivity contribution in [2.45, 2.75) is 52.0 Å². The maximum absolute atomic E-state index is 13.6. The lowest BCUT2D eigenvalue weighted by Crippen LogP contribution is -2.50. The number of hydrogen-bond acceptors (Lipinski definition) is 4. The summed E-state index contributed by atoms with van der Waals surface area (Å²) < 4.78 is 42.4. The number of fused-ring (bicyclic) bond motifs is 1. The van der Waals surface area contributed by atoms with Crippen LogP contribution in [0, 0.1) is 17.2 Å². The maximum Gasteiger partial charge on any atom is 0.416 e. The van der Waals surface area contributed by atoms with Crippen LogP contribution in [0.15, 0.2) is 104 Å². The van der Waals surface area contributed by atoms with E-state index in [-0.39, 0.29) is 35.1 Å². The van der Waals surface area contributed by atoms with E-state index in [1.54, 1.807) is 30.7 Å². The second-order valence-corrected chi connectivity index (χ2v) is 12.5. The number of aromatic nitrogens is 2. The summed E-state index contributed by atoms with van der Waals surface area (Å²) in [6.45, 7) is 5.28. The molecule has 2 unspecified atom stereocenters. The fraction of sp³-hybridized carbons (Fsp3) is 0.263. The van der Waals surface area contributed by atoms with E-state index in [0.717, 1.165) is 46.1 Å². The first-order valence-electron chi connectivity index (χ1n) is 16.0. The lowest BCUT2D eigenvalue weighted by Gasteiger charge is -2.33. The van der Waals surface area contributed by atoms with Crippen LogP contribution in [0.3, 0.4) is 0 Å². The minimum atomic E-state index is -4.49.